The average molecular weight is 258 g/mol. The van der Waals surface area contributed by atoms with Crippen molar-refractivity contribution in [3.05, 3.63) is 36.4 Å². The molecule has 1 aromatic carbocycles. The van der Waals surface area contributed by atoms with E-state index in [1.165, 1.54) is 12.8 Å². The van der Waals surface area contributed by atoms with E-state index in [1.54, 1.807) is 0 Å². The van der Waals surface area contributed by atoms with Crippen LogP contribution in [0.5, 0.6) is 5.75 Å². The second kappa shape index (κ2) is 5.40. The standard InChI is InChI=1S/C18H26O/c1-6-16-9-11-17(12-10-16)19-18(5)14(3)8-7-13(2)15(18)4/h6,9-15H,1,7-8H2,2-5H3. The molecule has 0 heterocycles. The minimum absolute atomic E-state index is 0.0621. The molecule has 1 fully saturated rings. The first-order valence-electron chi connectivity index (χ1n) is 7.39. The van der Waals surface area contributed by atoms with Crippen LogP contribution in [0.25, 0.3) is 6.08 Å². The molecule has 0 N–H and O–H groups in total. The van der Waals surface area contributed by atoms with E-state index in [0.717, 1.165) is 17.2 Å². The minimum Gasteiger partial charge on any atom is -0.487 e. The summed E-state index contributed by atoms with van der Waals surface area (Å²) in [5.74, 6) is 2.88. The summed E-state index contributed by atoms with van der Waals surface area (Å²) >= 11 is 0. The van der Waals surface area contributed by atoms with Gasteiger partial charge in [-0.1, -0.05) is 45.6 Å². The Morgan fingerprint density at radius 2 is 1.79 bits per heavy atom. The number of benzene rings is 1. The van der Waals surface area contributed by atoms with Crippen LogP contribution in [0.2, 0.25) is 0 Å². The van der Waals surface area contributed by atoms with Crippen LogP contribution in [-0.2, 0) is 0 Å². The van der Waals surface area contributed by atoms with Gasteiger partial charge in [0.25, 0.3) is 0 Å². The van der Waals surface area contributed by atoms with E-state index < -0.39 is 0 Å². The zero-order chi connectivity index (χ0) is 14.0. The van der Waals surface area contributed by atoms with Gasteiger partial charge in [-0.25, -0.2) is 0 Å². The molecule has 19 heavy (non-hydrogen) atoms. The van der Waals surface area contributed by atoms with E-state index >= 15 is 0 Å². The maximum Gasteiger partial charge on any atom is 0.120 e. The van der Waals surface area contributed by atoms with Crippen LogP contribution in [0, 0.1) is 17.8 Å². The SMILES string of the molecule is C=Cc1ccc(OC2(C)C(C)CCC(C)C2C)cc1. The summed E-state index contributed by atoms with van der Waals surface area (Å²) in [6.45, 7) is 13.1. The molecule has 0 saturated heterocycles. The molecule has 104 valence electrons. The van der Waals surface area contributed by atoms with Crippen molar-refractivity contribution in [2.24, 2.45) is 17.8 Å². The molecule has 1 heteroatoms. The number of rotatable bonds is 3. The van der Waals surface area contributed by atoms with Gasteiger partial charge in [0.1, 0.15) is 11.4 Å². The van der Waals surface area contributed by atoms with Crippen molar-refractivity contribution in [2.75, 3.05) is 0 Å². The fourth-order valence-corrected chi connectivity index (χ4v) is 3.18. The van der Waals surface area contributed by atoms with Crippen molar-refractivity contribution in [1.29, 1.82) is 0 Å². The van der Waals surface area contributed by atoms with Gasteiger partial charge in [-0.15, -0.1) is 0 Å². The fraction of sp³-hybridized carbons (Fsp3) is 0.556. The van der Waals surface area contributed by atoms with E-state index in [0.29, 0.717) is 11.8 Å². The Labute approximate surface area is 117 Å². The third-order valence-electron chi connectivity index (χ3n) is 5.24. The van der Waals surface area contributed by atoms with Crippen molar-refractivity contribution in [3.8, 4) is 5.75 Å². The minimum atomic E-state index is -0.0621. The van der Waals surface area contributed by atoms with Crippen LogP contribution in [-0.4, -0.2) is 5.60 Å². The van der Waals surface area contributed by atoms with Gasteiger partial charge in [-0.3, -0.25) is 0 Å². The molecule has 4 atom stereocenters. The van der Waals surface area contributed by atoms with E-state index in [2.05, 4.69) is 58.5 Å². The lowest BCUT2D eigenvalue weighted by Crippen LogP contribution is -2.50. The molecule has 0 spiro atoms. The first kappa shape index (κ1) is 14.2. The van der Waals surface area contributed by atoms with Crippen LogP contribution in [0.1, 0.15) is 46.1 Å². The molecule has 0 amide bonds. The number of ether oxygens (including phenoxy) is 1. The smallest absolute Gasteiger partial charge is 0.120 e. The maximum absolute atomic E-state index is 6.40. The van der Waals surface area contributed by atoms with Crippen molar-refractivity contribution >= 4 is 6.08 Å². The highest BCUT2D eigenvalue weighted by molar-refractivity contribution is 5.48. The van der Waals surface area contributed by atoms with Gasteiger partial charge in [0, 0.05) is 0 Å². The summed E-state index contributed by atoms with van der Waals surface area (Å²) in [7, 11) is 0. The van der Waals surface area contributed by atoms with Gasteiger partial charge < -0.3 is 4.74 Å². The first-order valence-corrected chi connectivity index (χ1v) is 7.39. The lowest BCUT2D eigenvalue weighted by Gasteiger charge is -2.47. The van der Waals surface area contributed by atoms with E-state index in [4.69, 9.17) is 4.74 Å². The molecule has 1 nitrogen and oxygen atoms in total. The largest absolute Gasteiger partial charge is 0.487 e. The molecule has 0 aliphatic heterocycles. The third-order valence-corrected chi connectivity index (χ3v) is 5.24. The average Bonchev–Trinajstić information content (AvgIpc) is 2.42. The Bertz CT molecular complexity index is 434. The topological polar surface area (TPSA) is 9.23 Å². The number of hydrogen-bond donors (Lipinski definition) is 0. The maximum atomic E-state index is 6.40. The van der Waals surface area contributed by atoms with Gasteiger partial charge in [0.05, 0.1) is 0 Å². The third kappa shape index (κ3) is 2.70. The molecule has 0 radical (unpaired) electrons. The molecular formula is C18H26O. The van der Waals surface area contributed by atoms with Crippen molar-refractivity contribution in [3.63, 3.8) is 0 Å². The van der Waals surface area contributed by atoms with Crippen LogP contribution in [0.15, 0.2) is 30.8 Å². The van der Waals surface area contributed by atoms with Crippen molar-refractivity contribution in [1.82, 2.24) is 0 Å². The quantitative estimate of drug-likeness (QED) is 0.726. The Hall–Kier alpha value is -1.24. The zero-order valence-corrected chi connectivity index (χ0v) is 12.6. The summed E-state index contributed by atoms with van der Waals surface area (Å²) in [6.07, 6.45) is 4.43. The highest BCUT2D eigenvalue weighted by atomic mass is 16.5. The molecule has 1 saturated carbocycles. The highest BCUT2D eigenvalue weighted by Gasteiger charge is 2.44. The second-order valence-electron chi connectivity index (χ2n) is 6.30. The highest BCUT2D eigenvalue weighted by Crippen LogP contribution is 2.44. The lowest BCUT2D eigenvalue weighted by molar-refractivity contribution is -0.0655. The number of hydrogen-bond acceptors (Lipinski definition) is 1. The summed E-state index contributed by atoms with van der Waals surface area (Å²) in [6, 6.07) is 8.24. The molecule has 0 aromatic heterocycles. The van der Waals surface area contributed by atoms with E-state index in [-0.39, 0.29) is 5.60 Å². The predicted molar refractivity (Wildman–Crippen MR) is 82.3 cm³/mol. The first-order chi connectivity index (χ1) is 8.97. The van der Waals surface area contributed by atoms with E-state index in [1.807, 2.05) is 6.08 Å². The van der Waals surface area contributed by atoms with Crippen LogP contribution < -0.4 is 4.74 Å². The Kier molecular flexibility index (Phi) is 4.03. The van der Waals surface area contributed by atoms with Crippen LogP contribution >= 0.6 is 0 Å². The molecule has 2 rings (SSSR count). The predicted octanol–water partition coefficient (Wildman–Crippen LogP) is 5.17. The van der Waals surface area contributed by atoms with Gasteiger partial charge in [0.15, 0.2) is 0 Å². The van der Waals surface area contributed by atoms with Crippen molar-refractivity contribution in [2.45, 2.75) is 46.1 Å². The van der Waals surface area contributed by atoms with Gasteiger partial charge in [-0.05, 0) is 55.2 Å². The fourth-order valence-electron chi connectivity index (χ4n) is 3.18. The molecule has 0 bridgehead atoms. The van der Waals surface area contributed by atoms with E-state index in [9.17, 15) is 0 Å². The van der Waals surface area contributed by atoms with Gasteiger partial charge in [0.2, 0.25) is 0 Å². The zero-order valence-electron chi connectivity index (χ0n) is 12.6. The Balaban J connectivity index is 2.20. The summed E-state index contributed by atoms with van der Waals surface area (Å²) in [4.78, 5) is 0. The summed E-state index contributed by atoms with van der Waals surface area (Å²) < 4.78 is 6.40. The molecule has 1 aliphatic rings. The molecule has 1 aliphatic carbocycles. The monoisotopic (exact) mass is 258 g/mol. The summed E-state index contributed by atoms with van der Waals surface area (Å²) in [5.41, 5.74) is 1.07. The normalized spacial score (nSPS) is 34.8. The van der Waals surface area contributed by atoms with Crippen molar-refractivity contribution < 1.29 is 4.74 Å². The van der Waals surface area contributed by atoms with Gasteiger partial charge in [-0.2, -0.15) is 0 Å². The Morgan fingerprint density at radius 3 is 2.37 bits per heavy atom. The van der Waals surface area contributed by atoms with Crippen LogP contribution in [0.3, 0.4) is 0 Å². The van der Waals surface area contributed by atoms with Crippen LogP contribution in [0.4, 0.5) is 0 Å². The molecule has 1 aromatic rings. The molecular weight excluding hydrogens is 232 g/mol. The lowest BCUT2D eigenvalue weighted by atomic mass is 9.66. The summed E-state index contributed by atoms with van der Waals surface area (Å²) in [5, 5.41) is 0. The molecule has 4 unspecified atom stereocenters. The second-order valence-corrected chi connectivity index (χ2v) is 6.30. The Morgan fingerprint density at radius 1 is 1.16 bits per heavy atom. The van der Waals surface area contributed by atoms with Gasteiger partial charge >= 0.3 is 0 Å².